The van der Waals surface area contributed by atoms with Crippen LogP contribution in [0.15, 0.2) is 58.7 Å². The van der Waals surface area contributed by atoms with Gasteiger partial charge in [-0.15, -0.1) is 0 Å². The van der Waals surface area contributed by atoms with Crippen LogP contribution in [0.4, 0.5) is 5.69 Å². The number of thioether (sulfide) groups is 1. The van der Waals surface area contributed by atoms with E-state index >= 15 is 0 Å². The van der Waals surface area contributed by atoms with Gasteiger partial charge in [0, 0.05) is 0 Å². The van der Waals surface area contributed by atoms with Crippen LogP contribution in [0.1, 0.15) is 26.3 Å². The molecular weight excluding hydrogens is 507 g/mol. The van der Waals surface area contributed by atoms with Gasteiger partial charge in [-0.05, 0) is 0 Å². The molecule has 1 unspecified atom stereocenters. The van der Waals surface area contributed by atoms with Gasteiger partial charge in [-0.1, -0.05) is 0 Å². The minimum absolute atomic E-state index is 0.0705. The molecule has 6 nitrogen and oxygen atoms in total. The van der Waals surface area contributed by atoms with Gasteiger partial charge in [0.2, 0.25) is 0 Å². The average molecular weight is 527 g/mol. The first-order valence-electron chi connectivity index (χ1n) is 9.80. The summed E-state index contributed by atoms with van der Waals surface area (Å²) in [5, 5.41) is 3.54. The van der Waals surface area contributed by atoms with Gasteiger partial charge in [-0.25, -0.2) is 0 Å². The van der Waals surface area contributed by atoms with E-state index in [1.54, 1.807) is 24.5 Å². The van der Waals surface area contributed by atoms with Gasteiger partial charge in [0.1, 0.15) is 0 Å². The Morgan fingerprint density at radius 3 is 2.59 bits per heavy atom. The van der Waals surface area contributed by atoms with Gasteiger partial charge in [-0.3, -0.25) is 0 Å². The van der Waals surface area contributed by atoms with Gasteiger partial charge in [-0.2, -0.15) is 0 Å². The summed E-state index contributed by atoms with van der Waals surface area (Å²) in [6.07, 6.45) is 5.11. The van der Waals surface area contributed by atoms with Crippen LogP contribution >= 0.6 is 23.4 Å². The van der Waals surface area contributed by atoms with Crippen LogP contribution in [0.3, 0.4) is 0 Å². The van der Waals surface area contributed by atoms with Crippen molar-refractivity contribution in [3.8, 4) is 0 Å². The van der Waals surface area contributed by atoms with Gasteiger partial charge in [0.05, 0.1) is 0 Å². The Morgan fingerprint density at radius 2 is 1.84 bits per heavy atom. The van der Waals surface area contributed by atoms with Crippen molar-refractivity contribution in [1.29, 1.82) is 0 Å². The number of carbonyl (C=O) groups excluding carboxylic acids is 2. The summed E-state index contributed by atoms with van der Waals surface area (Å²) < 4.78 is 1.70. The zero-order valence-corrected chi connectivity index (χ0v) is 21.3. The molecule has 0 aliphatic carbocycles. The topological polar surface area (TPSA) is 84.3 Å². The van der Waals surface area contributed by atoms with E-state index in [-0.39, 0.29) is 11.8 Å². The zero-order valence-electron chi connectivity index (χ0n) is 17.6. The maximum atomic E-state index is 12.5. The second-order valence-electron chi connectivity index (χ2n) is 8.16. The van der Waals surface area contributed by atoms with Crippen molar-refractivity contribution in [2.45, 2.75) is 20.8 Å². The summed E-state index contributed by atoms with van der Waals surface area (Å²) in [6, 6.07) is 11.1. The van der Waals surface area contributed by atoms with E-state index in [0.29, 0.717) is 15.6 Å². The molecule has 1 aromatic heterocycles. The molecular formula is C23H20AsClN4O2S. The van der Waals surface area contributed by atoms with Crippen LogP contribution in [0.2, 0.25) is 5.02 Å². The van der Waals surface area contributed by atoms with Crippen molar-refractivity contribution >= 4 is 81.9 Å². The quantitative estimate of drug-likeness (QED) is 0.410. The molecule has 1 N–H and O–H groups in total. The number of hydrogen-bond donors (Lipinski definition) is 1. The first kappa shape index (κ1) is 22.7. The molecule has 2 heterocycles. The van der Waals surface area contributed by atoms with Gasteiger partial charge in [0.15, 0.2) is 0 Å². The molecule has 3 aromatic rings. The third-order valence-electron chi connectivity index (χ3n) is 4.56. The fourth-order valence-corrected chi connectivity index (χ4v) is 7.20. The number of nitrogens with one attached hydrogen (secondary N) is 1. The molecule has 1 aliphatic heterocycles. The van der Waals surface area contributed by atoms with Crippen molar-refractivity contribution in [3.63, 3.8) is 0 Å². The Bertz CT molecular complexity index is 1300. The fraction of sp³-hybridized carbons (Fsp3) is 0.174. The SMILES string of the molecule is CC(C)(C)C(=O)Nc1ccc(Cl)c([AsH]C2=NC(=O)/C(=C/c3ccc4nccnc4c3)S2)c1. The summed E-state index contributed by atoms with van der Waals surface area (Å²) in [7, 11) is 0. The molecule has 0 fully saturated rings. The molecule has 0 radical (unpaired) electrons. The predicted octanol–water partition coefficient (Wildman–Crippen LogP) is 4.00. The molecule has 162 valence electrons. The summed E-state index contributed by atoms with van der Waals surface area (Å²) >= 11 is 6.84. The van der Waals surface area contributed by atoms with E-state index in [1.807, 2.05) is 51.1 Å². The second kappa shape index (κ2) is 9.18. The number of aliphatic imine (C=N–C) groups is 1. The van der Waals surface area contributed by atoms with Gasteiger partial charge < -0.3 is 0 Å². The summed E-state index contributed by atoms with van der Waals surface area (Å²) in [4.78, 5) is 38.2. The molecule has 1 aliphatic rings. The van der Waals surface area contributed by atoms with Gasteiger partial charge in [0.25, 0.3) is 0 Å². The maximum absolute atomic E-state index is 12.5. The molecule has 9 heteroatoms. The first-order chi connectivity index (χ1) is 15.2. The molecule has 0 spiro atoms. The van der Waals surface area contributed by atoms with E-state index in [2.05, 4.69) is 20.3 Å². The van der Waals surface area contributed by atoms with Crippen LogP contribution in [0.5, 0.6) is 0 Å². The number of benzene rings is 2. The van der Waals surface area contributed by atoms with Crippen LogP contribution in [-0.2, 0) is 9.59 Å². The standard InChI is InChI=1S/C23H20AsClN4O2S/c1-23(2,3)21(31)28-14-5-6-16(25)15(12-14)24-22-29-20(30)19(32-22)11-13-4-7-17-18(10-13)27-9-8-26-17/h4-12,24H,1-3H3,(H,28,31)/b19-11-. The third kappa shape index (κ3) is 5.29. The van der Waals surface area contributed by atoms with Crippen molar-refractivity contribution < 1.29 is 9.59 Å². The number of halogens is 1. The van der Waals surface area contributed by atoms with Crippen molar-refractivity contribution in [2.75, 3.05) is 5.32 Å². The molecule has 2 amide bonds. The van der Waals surface area contributed by atoms with E-state index in [4.69, 9.17) is 11.6 Å². The predicted molar refractivity (Wildman–Crippen MR) is 134 cm³/mol. The Hall–Kier alpha value is -2.47. The molecule has 0 saturated carbocycles. The van der Waals surface area contributed by atoms with Crippen molar-refractivity contribution in [3.05, 3.63) is 64.3 Å². The first-order valence-corrected chi connectivity index (χ1v) is 13.1. The van der Waals surface area contributed by atoms with Crippen LogP contribution < -0.4 is 9.67 Å². The van der Waals surface area contributed by atoms with Crippen LogP contribution in [0, 0.1) is 5.41 Å². The second-order valence-corrected chi connectivity index (χ2v) is 13.0. The number of anilines is 1. The fourth-order valence-electron chi connectivity index (χ4n) is 2.82. The summed E-state index contributed by atoms with van der Waals surface area (Å²) in [5.74, 6) is -0.319. The van der Waals surface area contributed by atoms with Crippen LogP contribution in [-0.4, -0.2) is 41.4 Å². The number of fused-ring (bicyclic) bond motifs is 1. The number of carbonyl (C=O) groups is 2. The average Bonchev–Trinajstić information content (AvgIpc) is 3.08. The molecule has 4 rings (SSSR count). The van der Waals surface area contributed by atoms with E-state index in [0.717, 1.165) is 24.8 Å². The number of amides is 2. The minimum atomic E-state index is -0.945. The van der Waals surface area contributed by atoms with Gasteiger partial charge >= 0.3 is 202 Å². The van der Waals surface area contributed by atoms with E-state index in [1.165, 1.54) is 11.8 Å². The number of aromatic nitrogens is 2. The molecule has 0 bridgehead atoms. The molecule has 0 saturated heterocycles. The Kier molecular flexibility index (Phi) is 6.52. The number of nitrogens with zero attached hydrogens (tertiary/aromatic N) is 3. The monoisotopic (exact) mass is 526 g/mol. The molecule has 32 heavy (non-hydrogen) atoms. The summed E-state index contributed by atoms with van der Waals surface area (Å²) in [6.45, 7) is 5.58. The van der Waals surface area contributed by atoms with E-state index < -0.39 is 21.2 Å². The number of rotatable bonds is 4. The Balaban J connectivity index is 1.50. The summed E-state index contributed by atoms with van der Waals surface area (Å²) in [5.41, 5.74) is 2.64. The Labute approximate surface area is 201 Å². The van der Waals surface area contributed by atoms with Crippen molar-refractivity contribution in [1.82, 2.24) is 9.97 Å². The Morgan fingerprint density at radius 1 is 1.09 bits per heavy atom. The molecule has 2 aromatic carbocycles. The number of hydrogen-bond acceptors (Lipinski definition) is 5. The van der Waals surface area contributed by atoms with Crippen molar-refractivity contribution in [2.24, 2.45) is 10.4 Å². The zero-order chi connectivity index (χ0) is 22.9. The third-order valence-corrected chi connectivity index (χ3v) is 9.31. The normalized spacial score (nSPS) is 15.7. The molecule has 1 atom stereocenters. The van der Waals surface area contributed by atoms with E-state index in [9.17, 15) is 9.59 Å². The van der Waals surface area contributed by atoms with Crippen LogP contribution in [0.25, 0.3) is 17.1 Å².